The molecule has 28 heavy (non-hydrogen) atoms. The minimum Gasteiger partial charge on any atom is -0.462 e. The minimum absolute atomic E-state index is 0.220. The summed E-state index contributed by atoms with van der Waals surface area (Å²) in [5, 5.41) is 8.28. The number of fused-ring (bicyclic) bond motifs is 1. The number of esters is 1. The summed E-state index contributed by atoms with van der Waals surface area (Å²) >= 11 is 7.28. The number of carbonyl (C=O) groups is 1. The van der Waals surface area contributed by atoms with Crippen LogP contribution < -0.4 is 10.6 Å². The highest BCUT2D eigenvalue weighted by Crippen LogP contribution is 2.37. The highest BCUT2D eigenvalue weighted by molar-refractivity contribution is 7.80. The lowest BCUT2D eigenvalue weighted by molar-refractivity contribution is 0.0526. The Balaban J connectivity index is 1.72. The number of nitrogens with zero attached hydrogens (tertiary/aromatic N) is 1. The van der Waals surface area contributed by atoms with Crippen LogP contribution in [-0.4, -0.2) is 48.3 Å². The van der Waals surface area contributed by atoms with Crippen molar-refractivity contribution in [2.45, 2.75) is 71.3 Å². The minimum atomic E-state index is -0.220. The predicted octanol–water partition coefficient (Wildman–Crippen LogP) is 4.35. The van der Waals surface area contributed by atoms with E-state index in [4.69, 9.17) is 17.0 Å². The number of aryl methyl sites for hydroxylation is 1. The van der Waals surface area contributed by atoms with Crippen molar-refractivity contribution in [2.75, 3.05) is 31.6 Å². The number of hydrogen-bond acceptors (Lipinski definition) is 5. The summed E-state index contributed by atoms with van der Waals surface area (Å²) in [5.74, 6) is -0.220. The summed E-state index contributed by atoms with van der Waals surface area (Å²) in [6, 6.07) is 0.398. The molecule has 0 radical (unpaired) electrons. The summed E-state index contributed by atoms with van der Waals surface area (Å²) in [6.07, 6.45) is 9.02. The van der Waals surface area contributed by atoms with Crippen molar-refractivity contribution >= 4 is 39.6 Å². The smallest absolute Gasteiger partial charge is 0.341 e. The number of nitrogens with one attached hydrogen (secondary N) is 2. The van der Waals surface area contributed by atoms with Gasteiger partial charge in [0.15, 0.2) is 5.11 Å². The Morgan fingerprint density at radius 3 is 2.57 bits per heavy atom. The van der Waals surface area contributed by atoms with Crippen molar-refractivity contribution in [1.29, 1.82) is 0 Å². The number of rotatable bonds is 5. The molecule has 1 aliphatic carbocycles. The molecule has 2 N–H and O–H groups in total. The fourth-order valence-electron chi connectivity index (χ4n) is 4.14. The Kier molecular flexibility index (Phi) is 8.11. The van der Waals surface area contributed by atoms with Gasteiger partial charge in [0.25, 0.3) is 0 Å². The molecule has 0 unspecified atom stereocenters. The van der Waals surface area contributed by atoms with Gasteiger partial charge in [0.05, 0.1) is 12.2 Å². The topological polar surface area (TPSA) is 53.6 Å². The van der Waals surface area contributed by atoms with Gasteiger partial charge in [-0.15, -0.1) is 11.3 Å². The summed E-state index contributed by atoms with van der Waals surface area (Å²) in [5.41, 5.74) is 1.90. The van der Waals surface area contributed by atoms with Gasteiger partial charge in [-0.25, -0.2) is 4.79 Å². The first-order valence-corrected chi connectivity index (χ1v) is 12.0. The third kappa shape index (κ3) is 5.45. The van der Waals surface area contributed by atoms with Crippen LogP contribution in [0.25, 0.3) is 0 Å². The van der Waals surface area contributed by atoms with Gasteiger partial charge in [-0.1, -0.05) is 19.8 Å². The molecule has 0 spiro atoms. The Morgan fingerprint density at radius 2 is 1.89 bits per heavy atom. The third-order valence-electron chi connectivity index (χ3n) is 5.75. The maximum Gasteiger partial charge on any atom is 0.341 e. The quantitative estimate of drug-likeness (QED) is 0.542. The Bertz CT molecular complexity index is 681. The number of carbonyl (C=O) groups excluding carboxylic acids is 1. The normalized spacial score (nSPS) is 18.6. The molecule has 0 atom stereocenters. The van der Waals surface area contributed by atoms with Crippen molar-refractivity contribution in [3.05, 3.63) is 16.0 Å². The third-order valence-corrected chi connectivity index (χ3v) is 7.18. The van der Waals surface area contributed by atoms with E-state index in [0.717, 1.165) is 56.7 Å². The molecule has 3 rings (SSSR count). The predicted molar refractivity (Wildman–Crippen MR) is 121 cm³/mol. The number of piperidine rings is 1. The molecule has 2 aliphatic rings. The Hall–Kier alpha value is -1.18. The van der Waals surface area contributed by atoms with E-state index in [1.807, 2.05) is 6.92 Å². The zero-order valence-electron chi connectivity index (χ0n) is 17.1. The van der Waals surface area contributed by atoms with Gasteiger partial charge in [-0.05, 0) is 69.8 Å². The van der Waals surface area contributed by atoms with Crippen LogP contribution in [0.15, 0.2) is 0 Å². The zero-order chi connectivity index (χ0) is 19.9. The first-order valence-electron chi connectivity index (χ1n) is 10.7. The molecule has 1 saturated heterocycles. The van der Waals surface area contributed by atoms with Crippen LogP contribution in [0.4, 0.5) is 5.00 Å². The van der Waals surface area contributed by atoms with E-state index in [2.05, 4.69) is 22.5 Å². The van der Waals surface area contributed by atoms with E-state index < -0.39 is 0 Å². The van der Waals surface area contributed by atoms with Crippen LogP contribution in [0.3, 0.4) is 0 Å². The Morgan fingerprint density at radius 1 is 1.18 bits per heavy atom. The van der Waals surface area contributed by atoms with E-state index in [1.165, 1.54) is 29.7 Å². The molecule has 1 aromatic heterocycles. The average molecular weight is 424 g/mol. The molecule has 1 fully saturated rings. The molecule has 2 heterocycles. The lowest BCUT2D eigenvalue weighted by atomic mass is 9.96. The fourth-order valence-corrected chi connectivity index (χ4v) is 5.76. The molecule has 0 amide bonds. The molecule has 1 aliphatic heterocycles. The molecule has 0 aromatic carbocycles. The molecule has 7 heteroatoms. The van der Waals surface area contributed by atoms with Crippen LogP contribution in [0.5, 0.6) is 0 Å². The van der Waals surface area contributed by atoms with Crippen molar-refractivity contribution in [3.63, 3.8) is 0 Å². The number of thiocarbonyl (C=S) groups is 1. The van der Waals surface area contributed by atoms with Gasteiger partial charge in [-0.3, -0.25) is 0 Å². The summed E-state index contributed by atoms with van der Waals surface area (Å²) < 4.78 is 5.38. The van der Waals surface area contributed by atoms with E-state index in [0.29, 0.717) is 23.3 Å². The van der Waals surface area contributed by atoms with Crippen molar-refractivity contribution in [2.24, 2.45) is 0 Å². The summed E-state index contributed by atoms with van der Waals surface area (Å²) in [4.78, 5) is 16.5. The monoisotopic (exact) mass is 423 g/mol. The van der Waals surface area contributed by atoms with Crippen molar-refractivity contribution in [3.8, 4) is 0 Å². The number of hydrogen-bond donors (Lipinski definition) is 2. The highest BCUT2D eigenvalue weighted by atomic mass is 32.1. The Labute approximate surface area is 178 Å². The van der Waals surface area contributed by atoms with Gasteiger partial charge in [-0.2, -0.15) is 0 Å². The maximum atomic E-state index is 12.7. The first kappa shape index (κ1) is 21.5. The fraction of sp³-hybridized carbons (Fsp3) is 0.714. The standard InChI is InChI=1S/C21H33N3O2S2/c1-3-24-13-11-15(12-14-24)22-21(27)23-19-18(20(25)26-4-2)16-9-7-5-6-8-10-17(16)28-19/h15H,3-14H2,1-2H3,(H2,22,23,27). The van der Waals surface area contributed by atoms with E-state index in [-0.39, 0.29) is 5.97 Å². The summed E-state index contributed by atoms with van der Waals surface area (Å²) in [6.45, 7) is 7.78. The van der Waals surface area contributed by atoms with Crippen LogP contribution in [0.2, 0.25) is 0 Å². The van der Waals surface area contributed by atoms with E-state index >= 15 is 0 Å². The van der Waals surface area contributed by atoms with E-state index in [9.17, 15) is 4.79 Å². The average Bonchev–Trinajstić information content (AvgIpc) is 2.98. The van der Waals surface area contributed by atoms with Gasteiger partial charge in [0.2, 0.25) is 0 Å². The maximum absolute atomic E-state index is 12.7. The number of anilines is 1. The second-order valence-corrected chi connectivity index (χ2v) is 9.16. The largest absolute Gasteiger partial charge is 0.462 e. The first-order chi connectivity index (χ1) is 13.6. The number of ether oxygens (including phenoxy) is 1. The second kappa shape index (κ2) is 10.6. The van der Waals surface area contributed by atoms with Crippen molar-refractivity contribution < 1.29 is 9.53 Å². The molecular weight excluding hydrogens is 390 g/mol. The molecule has 156 valence electrons. The molecular formula is C21H33N3O2S2. The zero-order valence-corrected chi connectivity index (χ0v) is 18.8. The van der Waals surface area contributed by atoms with Gasteiger partial charge >= 0.3 is 5.97 Å². The second-order valence-electron chi connectivity index (χ2n) is 7.65. The summed E-state index contributed by atoms with van der Waals surface area (Å²) in [7, 11) is 0. The van der Waals surface area contributed by atoms with Crippen LogP contribution >= 0.6 is 23.6 Å². The number of likely N-dealkylation sites (tertiary alicyclic amines) is 1. The van der Waals surface area contributed by atoms with Crippen molar-refractivity contribution in [1.82, 2.24) is 10.2 Å². The van der Waals surface area contributed by atoms with Gasteiger partial charge < -0.3 is 20.3 Å². The van der Waals surface area contributed by atoms with Gasteiger partial charge in [0.1, 0.15) is 5.00 Å². The molecule has 0 saturated carbocycles. The number of thiophene rings is 1. The highest BCUT2D eigenvalue weighted by Gasteiger charge is 2.26. The molecule has 5 nitrogen and oxygen atoms in total. The lowest BCUT2D eigenvalue weighted by Gasteiger charge is -2.32. The van der Waals surface area contributed by atoms with Crippen LogP contribution in [-0.2, 0) is 17.6 Å². The molecule has 1 aromatic rings. The van der Waals surface area contributed by atoms with E-state index in [1.54, 1.807) is 11.3 Å². The van der Waals surface area contributed by atoms with Crippen LogP contribution in [0, 0.1) is 0 Å². The lowest BCUT2D eigenvalue weighted by Crippen LogP contribution is -2.45. The van der Waals surface area contributed by atoms with Crippen LogP contribution in [0.1, 0.15) is 73.2 Å². The van der Waals surface area contributed by atoms with Gasteiger partial charge in [0, 0.05) is 24.0 Å². The molecule has 0 bridgehead atoms. The SMILES string of the molecule is CCOC(=O)c1c(NC(=S)NC2CCN(CC)CC2)sc2c1CCCCCC2.